The standard InChI is InChI=1S/C16H24N2O2/c1-12(20-11-13-6-2-3-7-13)16(19)18-15-9-5-4-8-14(15)10-17/h4-5,8-9,12-13H,2-3,6-7,10-11,17H2,1H3,(H,18,19). The van der Waals surface area contributed by atoms with Gasteiger partial charge in [0.25, 0.3) is 5.91 Å². The number of carbonyl (C=O) groups excluding carboxylic acids is 1. The number of ether oxygens (including phenoxy) is 1. The van der Waals surface area contributed by atoms with Gasteiger partial charge in [0, 0.05) is 12.2 Å². The Balaban J connectivity index is 1.83. The first-order valence-corrected chi connectivity index (χ1v) is 7.41. The number of benzene rings is 1. The van der Waals surface area contributed by atoms with Gasteiger partial charge in [0.1, 0.15) is 6.10 Å². The Labute approximate surface area is 120 Å². The molecule has 3 N–H and O–H groups in total. The zero-order valence-corrected chi connectivity index (χ0v) is 12.1. The van der Waals surface area contributed by atoms with Crippen molar-refractivity contribution in [2.75, 3.05) is 11.9 Å². The molecule has 0 spiro atoms. The molecule has 1 fully saturated rings. The Kier molecular flexibility index (Phi) is 5.56. The van der Waals surface area contributed by atoms with Crippen molar-refractivity contribution in [3.8, 4) is 0 Å². The highest BCUT2D eigenvalue weighted by Crippen LogP contribution is 2.25. The minimum atomic E-state index is -0.429. The molecule has 0 saturated heterocycles. The van der Waals surface area contributed by atoms with Gasteiger partial charge in [0.15, 0.2) is 0 Å². The van der Waals surface area contributed by atoms with Crippen molar-refractivity contribution in [2.24, 2.45) is 11.7 Å². The van der Waals surface area contributed by atoms with Gasteiger partial charge in [-0.15, -0.1) is 0 Å². The number of rotatable bonds is 6. The molecular formula is C16H24N2O2. The molecule has 1 aromatic rings. The van der Waals surface area contributed by atoms with E-state index in [1.54, 1.807) is 6.92 Å². The maximum atomic E-state index is 12.1. The highest BCUT2D eigenvalue weighted by molar-refractivity contribution is 5.94. The summed E-state index contributed by atoms with van der Waals surface area (Å²) >= 11 is 0. The van der Waals surface area contributed by atoms with Crippen LogP contribution in [-0.4, -0.2) is 18.6 Å². The number of carbonyl (C=O) groups is 1. The molecule has 0 heterocycles. The summed E-state index contributed by atoms with van der Waals surface area (Å²) in [7, 11) is 0. The van der Waals surface area contributed by atoms with E-state index in [2.05, 4.69) is 5.32 Å². The minimum Gasteiger partial charge on any atom is -0.368 e. The fourth-order valence-electron chi connectivity index (χ4n) is 2.59. The van der Waals surface area contributed by atoms with E-state index in [4.69, 9.17) is 10.5 Å². The second-order valence-electron chi connectivity index (χ2n) is 5.48. The molecule has 4 heteroatoms. The van der Waals surface area contributed by atoms with Gasteiger partial charge in [-0.2, -0.15) is 0 Å². The lowest BCUT2D eigenvalue weighted by Gasteiger charge is -2.17. The van der Waals surface area contributed by atoms with Crippen molar-refractivity contribution in [3.05, 3.63) is 29.8 Å². The van der Waals surface area contributed by atoms with Gasteiger partial charge in [-0.3, -0.25) is 4.79 Å². The van der Waals surface area contributed by atoms with Gasteiger partial charge in [0.05, 0.1) is 6.61 Å². The molecule has 1 amide bonds. The van der Waals surface area contributed by atoms with Gasteiger partial charge >= 0.3 is 0 Å². The predicted molar refractivity (Wildman–Crippen MR) is 80.3 cm³/mol. The molecular weight excluding hydrogens is 252 g/mol. The van der Waals surface area contributed by atoms with Crippen molar-refractivity contribution in [1.29, 1.82) is 0 Å². The largest absolute Gasteiger partial charge is 0.368 e. The number of para-hydroxylation sites is 1. The minimum absolute atomic E-state index is 0.108. The van der Waals surface area contributed by atoms with E-state index >= 15 is 0 Å². The van der Waals surface area contributed by atoms with Crippen molar-refractivity contribution >= 4 is 11.6 Å². The molecule has 0 radical (unpaired) electrons. The summed E-state index contributed by atoms with van der Waals surface area (Å²) in [6.07, 6.45) is 4.60. The third-order valence-electron chi connectivity index (χ3n) is 3.92. The Hall–Kier alpha value is -1.39. The van der Waals surface area contributed by atoms with Crippen molar-refractivity contribution < 1.29 is 9.53 Å². The van der Waals surface area contributed by atoms with E-state index in [0.717, 1.165) is 11.3 Å². The number of hydrogen-bond acceptors (Lipinski definition) is 3. The van der Waals surface area contributed by atoms with E-state index in [-0.39, 0.29) is 5.91 Å². The fourth-order valence-corrected chi connectivity index (χ4v) is 2.59. The smallest absolute Gasteiger partial charge is 0.253 e. The van der Waals surface area contributed by atoms with E-state index in [0.29, 0.717) is 19.1 Å². The first kappa shape index (κ1) is 15.0. The van der Waals surface area contributed by atoms with Crippen LogP contribution in [0.5, 0.6) is 0 Å². The van der Waals surface area contributed by atoms with Crippen LogP contribution >= 0.6 is 0 Å². The summed E-state index contributed by atoms with van der Waals surface area (Å²) < 4.78 is 5.69. The van der Waals surface area contributed by atoms with Crippen LogP contribution < -0.4 is 11.1 Å². The predicted octanol–water partition coefficient (Wildman–Crippen LogP) is 2.68. The second kappa shape index (κ2) is 7.41. The Morgan fingerprint density at radius 3 is 2.80 bits per heavy atom. The summed E-state index contributed by atoms with van der Waals surface area (Å²) in [5.74, 6) is 0.519. The fraction of sp³-hybridized carbons (Fsp3) is 0.562. The number of anilines is 1. The normalized spacial score (nSPS) is 17.1. The van der Waals surface area contributed by atoms with E-state index in [1.165, 1.54) is 25.7 Å². The van der Waals surface area contributed by atoms with E-state index in [1.807, 2.05) is 24.3 Å². The average molecular weight is 276 g/mol. The zero-order valence-electron chi connectivity index (χ0n) is 12.1. The molecule has 1 atom stereocenters. The van der Waals surface area contributed by atoms with Crippen LogP contribution in [0.15, 0.2) is 24.3 Å². The molecule has 0 aromatic heterocycles. The van der Waals surface area contributed by atoms with Crippen molar-refractivity contribution in [2.45, 2.75) is 45.3 Å². The van der Waals surface area contributed by atoms with Crippen LogP contribution in [0, 0.1) is 5.92 Å². The lowest BCUT2D eigenvalue weighted by Crippen LogP contribution is -2.29. The van der Waals surface area contributed by atoms with Gasteiger partial charge in [-0.1, -0.05) is 31.0 Å². The lowest BCUT2D eigenvalue weighted by atomic mass is 10.1. The highest BCUT2D eigenvalue weighted by atomic mass is 16.5. The monoisotopic (exact) mass is 276 g/mol. The van der Waals surface area contributed by atoms with Gasteiger partial charge in [0.2, 0.25) is 0 Å². The maximum Gasteiger partial charge on any atom is 0.253 e. The Bertz CT molecular complexity index is 442. The topological polar surface area (TPSA) is 64.3 Å². The zero-order chi connectivity index (χ0) is 14.4. The van der Waals surface area contributed by atoms with E-state index < -0.39 is 6.10 Å². The molecule has 20 heavy (non-hydrogen) atoms. The number of nitrogens with one attached hydrogen (secondary N) is 1. The van der Waals surface area contributed by atoms with Crippen molar-refractivity contribution in [1.82, 2.24) is 0 Å². The van der Waals surface area contributed by atoms with Crippen LogP contribution in [0.3, 0.4) is 0 Å². The average Bonchev–Trinajstić information content (AvgIpc) is 2.98. The Morgan fingerprint density at radius 2 is 2.10 bits per heavy atom. The molecule has 4 nitrogen and oxygen atoms in total. The summed E-state index contributed by atoms with van der Waals surface area (Å²) in [5.41, 5.74) is 7.37. The molecule has 1 aliphatic carbocycles. The van der Waals surface area contributed by atoms with Crippen LogP contribution in [0.2, 0.25) is 0 Å². The van der Waals surface area contributed by atoms with E-state index in [9.17, 15) is 4.79 Å². The van der Waals surface area contributed by atoms with Crippen LogP contribution in [0.4, 0.5) is 5.69 Å². The van der Waals surface area contributed by atoms with Crippen LogP contribution in [0.1, 0.15) is 38.2 Å². The lowest BCUT2D eigenvalue weighted by molar-refractivity contribution is -0.127. The molecule has 0 bridgehead atoms. The quantitative estimate of drug-likeness (QED) is 0.839. The highest BCUT2D eigenvalue weighted by Gasteiger charge is 2.19. The molecule has 1 aliphatic rings. The van der Waals surface area contributed by atoms with Gasteiger partial charge < -0.3 is 15.8 Å². The summed E-state index contributed by atoms with van der Waals surface area (Å²) in [6, 6.07) is 7.58. The molecule has 110 valence electrons. The number of nitrogens with two attached hydrogens (primary N) is 1. The third kappa shape index (κ3) is 4.05. The maximum absolute atomic E-state index is 12.1. The van der Waals surface area contributed by atoms with Gasteiger partial charge in [-0.05, 0) is 37.3 Å². The number of amides is 1. The first-order chi connectivity index (χ1) is 9.70. The molecule has 0 aliphatic heterocycles. The second-order valence-corrected chi connectivity index (χ2v) is 5.48. The molecule has 1 aromatic carbocycles. The summed E-state index contributed by atoms with van der Waals surface area (Å²) in [6.45, 7) is 2.90. The number of hydrogen-bond donors (Lipinski definition) is 2. The van der Waals surface area contributed by atoms with Crippen molar-refractivity contribution in [3.63, 3.8) is 0 Å². The molecule has 1 unspecified atom stereocenters. The molecule has 1 saturated carbocycles. The molecule has 2 rings (SSSR count). The third-order valence-corrected chi connectivity index (χ3v) is 3.92. The van der Waals surface area contributed by atoms with Crippen LogP contribution in [-0.2, 0) is 16.1 Å². The SMILES string of the molecule is CC(OCC1CCCC1)C(=O)Nc1ccccc1CN. The first-order valence-electron chi connectivity index (χ1n) is 7.41. The summed E-state index contributed by atoms with van der Waals surface area (Å²) in [4.78, 5) is 12.1. The van der Waals surface area contributed by atoms with Gasteiger partial charge in [-0.25, -0.2) is 0 Å². The van der Waals surface area contributed by atoms with Crippen LogP contribution in [0.25, 0.3) is 0 Å². The summed E-state index contributed by atoms with van der Waals surface area (Å²) in [5, 5.41) is 2.89. The Morgan fingerprint density at radius 1 is 1.40 bits per heavy atom.